The van der Waals surface area contributed by atoms with Crippen LogP contribution >= 0.6 is 0 Å². The number of fused-ring (bicyclic) bond motifs is 1. The summed E-state index contributed by atoms with van der Waals surface area (Å²) < 4.78 is 8.15. The van der Waals surface area contributed by atoms with Crippen LogP contribution in [-0.4, -0.2) is 35.4 Å². The van der Waals surface area contributed by atoms with Crippen LogP contribution in [0.5, 0.6) is 0 Å². The number of rotatable bonds is 4. The molecule has 0 spiro atoms. The maximum Gasteiger partial charge on any atom is 0.109 e. The molecule has 19 heavy (non-hydrogen) atoms. The Labute approximate surface area is 113 Å². The molecule has 4 nitrogen and oxygen atoms in total. The van der Waals surface area contributed by atoms with Crippen LogP contribution in [0.1, 0.15) is 19.2 Å². The SMILES string of the molecule is CCCc1nc2ccccc2n1CC1CNCCO1. The molecule has 1 aromatic heterocycles. The standard InChI is InChI=1S/C15H21N3O/c1-2-5-15-17-13-6-3-4-7-14(13)18(15)11-12-10-16-8-9-19-12/h3-4,6-7,12,16H,2,5,8-11H2,1H3. The molecule has 102 valence electrons. The number of aromatic nitrogens is 2. The van der Waals surface area contributed by atoms with Gasteiger partial charge < -0.3 is 14.6 Å². The summed E-state index contributed by atoms with van der Waals surface area (Å²) in [4.78, 5) is 4.75. The molecule has 0 saturated carbocycles. The fourth-order valence-corrected chi connectivity index (χ4v) is 2.68. The molecule has 1 aromatic carbocycles. The Hall–Kier alpha value is -1.39. The van der Waals surface area contributed by atoms with Gasteiger partial charge >= 0.3 is 0 Å². The third kappa shape index (κ3) is 2.65. The fourth-order valence-electron chi connectivity index (χ4n) is 2.68. The molecule has 1 aliphatic heterocycles. The Morgan fingerprint density at radius 3 is 3.11 bits per heavy atom. The van der Waals surface area contributed by atoms with Crippen molar-refractivity contribution in [2.24, 2.45) is 0 Å². The Morgan fingerprint density at radius 2 is 2.32 bits per heavy atom. The lowest BCUT2D eigenvalue weighted by molar-refractivity contribution is 0.0184. The van der Waals surface area contributed by atoms with Crippen LogP contribution in [0, 0.1) is 0 Å². The summed E-state index contributed by atoms with van der Waals surface area (Å²) in [6.07, 6.45) is 2.39. The van der Waals surface area contributed by atoms with Crippen LogP contribution in [0.4, 0.5) is 0 Å². The zero-order valence-electron chi connectivity index (χ0n) is 11.4. The number of hydrogen-bond acceptors (Lipinski definition) is 3. The van der Waals surface area contributed by atoms with Gasteiger partial charge in [-0.3, -0.25) is 0 Å². The van der Waals surface area contributed by atoms with Crippen LogP contribution in [0.25, 0.3) is 11.0 Å². The van der Waals surface area contributed by atoms with Gasteiger partial charge in [0.1, 0.15) is 5.82 Å². The number of imidazole rings is 1. The van der Waals surface area contributed by atoms with Crippen molar-refractivity contribution in [3.63, 3.8) is 0 Å². The van der Waals surface area contributed by atoms with E-state index >= 15 is 0 Å². The molecule has 0 bridgehead atoms. The van der Waals surface area contributed by atoms with E-state index in [1.807, 2.05) is 6.07 Å². The topological polar surface area (TPSA) is 39.1 Å². The van der Waals surface area contributed by atoms with E-state index in [9.17, 15) is 0 Å². The second kappa shape index (κ2) is 5.72. The molecule has 0 amide bonds. The van der Waals surface area contributed by atoms with Gasteiger partial charge in [-0.15, -0.1) is 0 Å². The first-order chi connectivity index (χ1) is 9.38. The van der Waals surface area contributed by atoms with Crippen molar-refractivity contribution in [3.8, 4) is 0 Å². The minimum atomic E-state index is 0.252. The Bertz CT molecular complexity index is 543. The number of benzene rings is 1. The molecule has 0 radical (unpaired) electrons. The zero-order valence-corrected chi connectivity index (χ0v) is 11.4. The molecule has 2 aromatic rings. The quantitative estimate of drug-likeness (QED) is 0.912. The zero-order chi connectivity index (χ0) is 13.1. The smallest absolute Gasteiger partial charge is 0.109 e. The highest BCUT2D eigenvalue weighted by Crippen LogP contribution is 2.18. The van der Waals surface area contributed by atoms with Crippen LogP contribution in [0.3, 0.4) is 0 Å². The molecular weight excluding hydrogens is 238 g/mol. The van der Waals surface area contributed by atoms with Gasteiger partial charge in [-0.05, 0) is 18.6 Å². The van der Waals surface area contributed by atoms with Crippen molar-refractivity contribution in [3.05, 3.63) is 30.1 Å². The third-order valence-corrected chi connectivity index (χ3v) is 3.60. The number of nitrogens with zero attached hydrogens (tertiary/aromatic N) is 2. The summed E-state index contributed by atoms with van der Waals surface area (Å²) in [7, 11) is 0. The summed E-state index contributed by atoms with van der Waals surface area (Å²) in [5.41, 5.74) is 2.31. The lowest BCUT2D eigenvalue weighted by Crippen LogP contribution is -2.40. The van der Waals surface area contributed by atoms with Crippen molar-refractivity contribution in [2.75, 3.05) is 19.7 Å². The first-order valence-electron chi connectivity index (χ1n) is 7.15. The maximum atomic E-state index is 5.82. The molecule has 0 aliphatic carbocycles. The number of morpholine rings is 1. The lowest BCUT2D eigenvalue weighted by Gasteiger charge is -2.25. The summed E-state index contributed by atoms with van der Waals surface area (Å²) in [6.45, 7) is 5.78. The monoisotopic (exact) mass is 259 g/mol. The summed E-state index contributed by atoms with van der Waals surface area (Å²) >= 11 is 0. The third-order valence-electron chi connectivity index (χ3n) is 3.60. The fraction of sp³-hybridized carbons (Fsp3) is 0.533. The van der Waals surface area contributed by atoms with E-state index in [4.69, 9.17) is 9.72 Å². The normalized spacial score (nSPS) is 19.9. The van der Waals surface area contributed by atoms with Gasteiger partial charge in [-0.1, -0.05) is 19.1 Å². The van der Waals surface area contributed by atoms with E-state index in [1.165, 1.54) is 11.3 Å². The van der Waals surface area contributed by atoms with Crippen molar-refractivity contribution < 1.29 is 4.74 Å². The van der Waals surface area contributed by atoms with Gasteiger partial charge in [0.2, 0.25) is 0 Å². The van der Waals surface area contributed by atoms with Gasteiger partial charge in [0.25, 0.3) is 0 Å². The summed E-state index contributed by atoms with van der Waals surface area (Å²) in [6, 6.07) is 8.37. The molecule has 2 heterocycles. The van der Waals surface area contributed by atoms with E-state index < -0.39 is 0 Å². The molecular formula is C15H21N3O. The van der Waals surface area contributed by atoms with Crippen LogP contribution in [-0.2, 0) is 17.7 Å². The average Bonchev–Trinajstić information content (AvgIpc) is 2.79. The Kier molecular flexibility index (Phi) is 3.80. The van der Waals surface area contributed by atoms with Crippen molar-refractivity contribution >= 4 is 11.0 Å². The number of nitrogens with one attached hydrogen (secondary N) is 1. The number of hydrogen-bond donors (Lipinski definition) is 1. The minimum absolute atomic E-state index is 0.252. The predicted molar refractivity (Wildman–Crippen MR) is 76.3 cm³/mol. The first-order valence-corrected chi connectivity index (χ1v) is 7.15. The van der Waals surface area contributed by atoms with E-state index in [-0.39, 0.29) is 6.10 Å². The molecule has 1 aliphatic rings. The van der Waals surface area contributed by atoms with E-state index in [1.54, 1.807) is 0 Å². The molecule has 1 unspecified atom stereocenters. The van der Waals surface area contributed by atoms with Gasteiger partial charge in [0.15, 0.2) is 0 Å². The highest BCUT2D eigenvalue weighted by molar-refractivity contribution is 5.75. The maximum absolute atomic E-state index is 5.82. The van der Waals surface area contributed by atoms with Crippen molar-refractivity contribution in [1.82, 2.24) is 14.9 Å². The molecule has 1 N–H and O–H groups in total. The number of aryl methyl sites for hydroxylation is 1. The predicted octanol–water partition coefficient (Wildman–Crippen LogP) is 1.98. The first kappa shape index (κ1) is 12.6. The molecule has 4 heteroatoms. The van der Waals surface area contributed by atoms with Crippen LogP contribution in [0.15, 0.2) is 24.3 Å². The average molecular weight is 259 g/mol. The summed E-state index contributed by atoms with van der Waals surface area (Å²) in [5.74, 6) is 1.18. The van der Waals surface area contributed by atoms with Crippen molar-refractivity contribution in [2.45, 2.75) is 32.4 Å². The molecule has 1 atom stereocenters. The lowest BCUT2D eigenvalue weighted by atomic mass is 10.2. The minimum Gasteiger partial charge on any atom is -0.374 e. The van der Waals surface area contributed by atoms with Crippen molar-refractivity contribution in [1.29, 1.82) is 0 Å². The molecule has 1 fully saturated rings. The van der Waals surface area contributed by atoms with Gasteiger partial charge in [-0.25, -0.2) is 4.98 Å². The van der Waals surface area contributed by atoms with E-state index in [0.717, 1.165) is 44.6 Å². The molecule has 3 rings (SSSR count). The molecule has 1 saturated heterocycles. The second-order valence-corrected chi connectivity index (χ2v) is 5.07. The number of para-hydroxylation sites is 2. The largest absolute Gasteiger partial charge is 0.374 e. The number of ether oxygens (including phenoxy) is 1. The van der Waals surface area contributed by atoms with Crippen LogP contribution in [0.2, 0.25) is 0 Å². The highest BCUT2D eigenvalue weighted by atomic mass is 16.5. The van der Waals surface area contributed by atoms with Gasteiger partial charge in [0.05, 0.1) is 30.3 Å². The highest BCUT2D eigenvalue weighted by Gasteiger charge is 2.17. The Balaban J connectivity index is 1.92. The Morgan fingerprint density at radius 1 is 1.42 bits per heavy atom. The van der Waals surface area contributed by atoms with Gasteiger partial charge in [-0.2, -0.15) is 0 Å². The van der Waals surface area contributed by atoms with Crippen LogP contribution < -0.4 is 5.32 Å². The van der Waals surface area contributed by atoms with E-state index in [0.29, 0.717) is 0 Å². The van der Waals surface area contributed by atoms with E-state index in [2.05, 4.69) is 35.0 Å². The summed E-state index contributed by atoms with van der Waals surface area (Å²) in [5, 5.41) is 3.39. The van der Waals surface area contributed by atoms with Gasteiger partial charge in [0, 0.05) is 19.5 Å². The second-order valence-electron chi connectivity index (χ2n) is 5.07.